The molecule has 202 valence electrons. The van der Waals surface area contributed by atoms with Gasteiger partial charge in [0.1, 0.15) is 11.5 Å². The first-order valence-corrected chi connectivity index (χ1v) is 13.5. The van der Waals surface area contributed by atoms with Crippen LogP contribution >= 0.6 is 0 Å². The number of unbranched alkanes of at least 4 members (excludes halogenated alkanes) is 3. The zero-order valence-electron chi connectivity index (χ0n) is 21.8. The average molecular weight is 497 g/mol. The minimum atomic E-state index is -1.09. The second-order valence-corrected chi connectivity index (χ2v) is 10.3. The monoisotopic (exact) mass is 496 g/mol. The van der Waals surface area contributed by atoms with Crippen molar-refractivity contribution in [3.8, 4) is 0 Å². The molecule has 0 aromatic rings. The summed E-state index contributed by atoms with van der Waals surface area (Å²) in [6.45, 7) is 6.81. The third-order valence-electron chi connectivity index (χ3n) is 8.08. The summed E-state index contributed by atoms with van der Waals surface area (Å²) in [6.07, 6.45) is 11.7. The molecule has 0 aliphatic heterocycles. The van der Waals surface area contributed by atoms with Gasteiger partial charge in [-0.05, 0) is 62.7 Å². The summed E-state index contributed by atoms with van der Waals surface area (Å²) in [5, 5.41) is 47.9. The molecule has 7 heteroatoms. The molecule has 0 spiro atoms. The predicted octanol–water partition coefficient (Wildman–Crippen LogP) is 6.00. The van der Waals surface area contributed by atoms with Crippen molar-refractivity contribution in [2.24, 2.45) is 17.3 Å². The summed E-state index contributed by atoms with van der Waals surface area (Å²) in [4.78, 5) is 23.6. The van der Waals surface area contributed by atoms with Gasteiger partial charge >= 0.3 is 5.97 Å². The summed E-state index contributed by atoms with van der Waals surface area (Å²) in [7, 11) is 0. The second kappa shape index (κ2) is 16.0. The van der Waals surface area contributed by atoms with E-state index in [1.165, 1.54) is 19.3 Å². The molecule has 0 radical (unpaired) electrons. The molecule has 0 saturated heterocycles. The normalized spacial score (nSPS) is 24.6. The van der Waals surface area contributed by atoms with Gasteiger partial charge in [0.2, 0.25) is 0 Å². The number of allylic oxidation sites excluding steroid dienone is 1. The van der Waals surface area contributed by atoms with Crippen LogP contribution in [0.4, 0.5) is 0 Å². The van der Waals surface area contributed by atoms with E-state index < -0.39 is 12.1 Å². The molecule has 5 N–H and O–H groups in total. The van der Waals surface area contributed by atoms with Gasteiger partial charge in [-0.1, -0.05) is 52.5 Å². The fourth-order valence-electron chi connectivity index (χ4n) is 5.84. The maximum absolute atomic E-state index is 12.5. The molecule has 2 rings (SSSR count). The lowest BCUT2D eigenvalue weighted by atomic mass is 9.61. The van der Waals surface area contributed by atoms with Crippen LogP contribution in [0.2, 0.25) is 0 Å². The number of hydrogen-bond donors (Lipinski definition) is 5. The number of Topliss-reactive ketones (excluding diaryl/α,β-unsaturated/α-hetero) is 1. The molecule has 0 aromatic carbocycles. The van der Waals surface area contributed by atoms with E-state index in [-0.39, 0.29) is 53.3 Å². The third kappa shape index (κ3) is 9.26. The molecular weight excluding hydrogens is 448 g/mol. The molecule has 7 nitrogen and oxygen atoms in total. The van der Waals surface area contributed by atoms with Crippen LogP contribution in [0.25, 0.3) is 0 Å². The van der Waals surface area contributed by atoms with Gasteiger partial charge in [0, 0.05) is 18.8 Å². The van der Waals surface area contributed by atoms with E-state index in [1.807, 2.05) is 0 Å². The Morgan fingerprint density at radius 2 is 1.80 bits per heavy atom. The van der Waals surface area contributed by atoms with Gasteiger partial charge in [0.15, 0.2) is 0 Å². The van der Waals surface area contributed by atoms with E-state index in [1.54, 1.807) is 6.92 Å². The third-order valence-corrected chi connectivity index (χ3v) is 8.08. The molecule has 0 heterocycles. The van der Waals surface area contributed by atoms with Gasteiger partial charge in [0.25, 0.3) is 0 Å². The molecule has 0 amide bonds. The van der Waals surface area contributed by atoms with Crippen molar-refractivity contribution in [1.82, 2.24) is 0 Å². The Morgan fingerprint density at radius 3 is 2.31 bits per heavy atom. The summed E-state index contributed by atoms with van der Waals surface area (Å²) in [6, 6.07) is 0. The number of aliphatic hydroxyl groups is 4. The van der Waals surface area contributed by atoms with E-state index in [4.69, 9.17) is 10.2 Å². The van der Waals surface area contributed by atoms with Crippen LogP contribution < -0.4 is 0 Å². The van der Waals surface area contributed by atoms with Crippen LogP contribution in [0.3, 0.4) is 0 Å². The summed E-state index contributed by atoms with van der Waals surface area (Å²) >= 11 is 0. The Balaban J connectivity index is 0.00000194. The van der Waals surface area contributed by atoms with Gasteiger partial charge < -0.3 is 25.5 Å². The average Bonchev–Trinajstić information content (AvgIpc) is 3.04. The van der Waals surface area contributed by atoms with Crippen molar-refractivity contribution in [3.05, 3.63) is 24.2 Å². The van der Waals surface area contributed by atoms with Gasteiger partial charge in [-0.15, -0.1) is 0 Å². The highest BCUT2D eigenvalue weighted by atomic mass is 16.4. The Morgan fingerprint density at radius 1 is 1.14 bits per heavy atom. The first-order chi connectivity index (χ1) is 16.7. The minimum Gasteiger partial charge on any atom is -0.516 e. The first-order valence-electron chi connectivity index (χ1n) is 13.5. The van der Waals surface area contributed by atoms with E-state index in [9.17, 15) is 24.9 Å². The Kier molecular flexibility index (Phi) is 14.2. The maximum Gasteiger partial charge on any atom is 0.334 e. The van der Waals surface area contributed by atoms with Crippen molar-refractivity contribution in [1.29, 1.82) is 0 Å². The highest BCUT2D eigenvalue weighted by Crippen LogP contribution is 2.50. The predicted molar refractivity (Wildman–Crippen MR) is 137 cm³/mol. The molecule has 2 saturated carbocycles. The number of hydrogen-bond acceptors (Lipinski definition) is 6. The van der Waals surface area contributed by atoms with E-state index in [0.717, 1.165) is 31.9 Å². The first kappa shape index (κ1) is 31.2. The van der Waals surface area contributed by atoms with Crippen LogP contribution in [0.15, 0.2) is 24.2 Å². The van der Waals surface area contributed by atoms with Gasteiger partial charge in [0.05, 0.1) is 24.0 Å². The number of aliphatic hydroxyl groups excluding tert-OH is 4. The van der Waals surface area contributed by atoms with Crippen LogP contribution in [-0.4, -0.2) is 49.5 Å². The highest BCUT2D eigenvalue weighted by molar-refractivity contribution is 5.87. The Hall–Kier alpha value is -1.86. The van der Waals surface area contributed by atoms with Crippen LogP contribution in [0, 0.1) is 17.3 Å². The maximum atomic E-state index is 12.5. The zero-order chi connectivity index (χ0) is 26.4. The number of carboxylic acids is 1. The zero-order valence-corrected chi connectivity index (χ0v) is 21.8. The summed E-state index contributed by atoms with van der Waals surface area (Å²) < 4.78 is 0. The molecule has 0 aromatic heterocycles. The summed E-state index contributed by atoms with van der Waals surface area (Å²) in [5.74, 6) is -1.38. The van der Waals surface area contributed by atoms with Crippen molar-refractivity contribution in [3.63, 3.8) is 0 Å². The van der Waals surface area contributed by atoms with Gasteiger partial charge in [-0.25, -0.2) is 4.79 Å². The smallest absolute Gasteiger partial charge is 0.334 e. The van der Waals surface area contributed by atoms with E-state index >= 15 is 0 Å². The van der Waals surface area contributed by atoms with Crippen molar-refractivity contribution < 1.29 is 35.1 Å². The summed E-state index contributed by atoms with van der Waals surface area (Å²) in [5.41, 5.74) is 0.0940. The van der Waals surface area contributed by atoms with Crippen molar-refractivity contribution in [2.45, 2.75) is 122 Å². The topological polar surface area (TPSA) is 135 Å². The molecule has 1 unspecified atom stereocenters. The number of carbonyl (C=O) groups is 2. The quantitative estimate of drug-likeness (QED) is 0.107. The fourth-order valence-corrected chi connectivity index (χ4v) is 5.84. The lowest BCUT2D eigenvalue weighted by molar-refractivity contribution is -0.133. The van der Waals surface area contributed by atoms with Crippen molar-refractivity contribution >= 4 is 11.8 Å². The molecular formula is C28H48O7. The van der Waals surface area contributed by atoms with E-state index in [2.05, 4.69) is 13.5 Å². The van der Waals surface area contributed by atoms with Gasteiger partial charge in [-0.2, -0.15) is 0 Å². The lowest BCUT2D eigenvalue weighted by Crippen LogP contribution is -2.42. The lowest BCUT2D eigenvalue weighted by Gasteiger charge is -2.46. The number of ketones is 1. The minimum absolute atomic E-state index is 0.0449. The van der Waals surface area contributed by atoms with Crippen LogP contribution in [-0.2, 0) is 9.59 Å². The van der Waals surface area contributed by atoms with Crippen LogP contribution in [0.5, 0.6) is 0 Å². The highest BCUT2D eigenvalue weighted by Gasteiger charge is 2.45. The fraction of sp³-hybridized carbons (Fsp3) is 0.786. The van der Waals surface area contributed by atoms with Crippen molar-refractivity contribution in [2.75, 3.05) is 0 Å². The molecule has 35 heavy (non-hydrogen) atoms. The Labute approximate surface area is 211 Å². The number of rotatable bonds is 15. The number of carbonyl (C=O) groups excluding carboxylic acids is 1. The molecule has 2 fully saturated rings. The van der Waals surface area contributed by atoms with Gasteiger partial charge in [-0.3, -0.25) is 4.79 Å². The molecule has 4 atom stereocenters. The number of carboxylic acid groups (broad SMARTS) is 1. The Bertz CT molecular complexity index is 695. The molecule has 0 bridgehead atoms. The molecule has 2 aliphatic carbocycles. The SMILES string of the molecule is C=CO.CCCCCC1(C(O)CC[C@H]2[C@H](O)CC(=O)[C@@H]2CCCCC(O)=C(CC)C(=O)O)CCC1. The largest absolute Gasteiger partial charge is 0.516 e. The second-order valence-electron chi connectivity index (χ2n) is 10.3. The molecule has 2 aliphatic rings. The number of aliphatic carboxylic acids is 1. The van der Waals surface area contributed by atoms with E-state index in [0.29, 0.717) is 38.5 Å². The standard InChI is InChI=1S/C26H44O6.C2H4O/c1-3-5-8-14-26(15-9-16-26)24(30)13-12-20-19(22(28)17-23(20)29)10-6-7-11-21(27)18(4-2)25(31)32;1-2-3/h19-20,23-24,27,29-30H,3-17H2,1-2H3,(H,31,32);2-3H,1H2/t19-,20-,23-,24?;/m1./s1. The van der Waals surface area contributed by atoms with Crippen LogP contribution in [0.1, 0.15) is 110 Å².